The number of rotatable bonds is 4. The van der Waals surface area contributed by atoms with Crippen LogP contribution in [-0.4, -0.2) is 52.0 Å². The number of hydrogen-bond donors (Lipinski definition) is 0. The number of pyridine rings is 1. The SMILES string of the molecule is Cc1cc(S(C)(=O)=O)cnc1Cc1ncc2c(n1)n(C1CCOCC1)c(=O)n2C. The molecule has 0 unspecified atom stereocenters. The smallest absolute Gasteiger partial charge is 0.330 e. The topological polar surface area (TPSA) is 109 Å². The van der Waals surface area contributed by atoms with E-state index >= 15 is 0 Å². The molecule has 1 aliphatic rings. The van der Waals surface area contributed by atoms with Gasteiger partial charge >= 0.3 is 5.69 Å². The van der Waals surface area contributed by atoms with Crippen molar-refractivity contribution in [3.63, 3.8) is 0 Å². The van der Waals surface area contributed by atoms with Gasteiger partial charge in [-0.2, -0.15) is 0 Å². The molecule has 1 aliphatic heterocycles. The number of ether oxygens (including phenoxy) is 1. The molecule has 0 radical (unpaired) electrons. The fourth-order valence-electron chi connectivity index (χ4n) is 3.64. The van der Waals surface area contributed by atoms with Crippen LogP contribution in [0, 0.1) is 6.92 Å². The first-order valence-corrected chi connectivity index (χ1v) is 11.3. The van der Waals surface area contributed by atoms with Gasteiger partial charge in [0, 0.05) is 38.8 Å². The lowest BCUT2D eigenvalue weighted by Gasteiger charge is -2.22. The van der Waals surface area contributed by atoms with Crippen LogP contribution in [0.5, 0.6) is 0 Å². The van der Waals surface area contributed by atoms with Crippen LogP contribution < -0.4 is 5.69 Å². The molecule has 0 aromatic carbocycles. The lowest BCUT2D eigenvalue weighted by Crippen LogP contribution is -2.30. The zero-order valence-corrected chi connectivity index (χ0v) is 17.4. The Balaban J connectivity index is 1.73. The quantitative estimate of drug-likeness (QED) is 0.627. The molecule has 1 fully saturated rings. The molecule has 0 amide bonds. The number of imidazole rings is 1. The van der Waals surface area contributed by atoms with Crippen molar-refractivity contribution in [2.24, 2.45) is 7.05 Å². The fraction of sp³-hybridized carbons (Fsp3) is 0.474. The number of aryl methyl sites for hydroxylation is 2. The normalized spacial score (nSPS) is 15.8. The Morgan fingerprint density at radius 3 is 2.59 bits per heavy atom. The van der Waals surface area contributed by atoms with E-state index in [4.69, 9.17) is 4.74 Å². The molecule has 0 spiro atoms. The van der Waals surface area contributed by atoms with Gasteiger partial charge in [-0.25, -0.2) is 23.2 Å². The summed E-state index contributed by atoms with van der Waals surface area (Å²) >= 11 is 0. The monoisotopic (exact) mass is 417 g/mol. The standard InChI is InChI=1S/C19H23N5O4S/c1-12-8-14(29(3,26)27)10-20-15(12)9-17-21-11-16-18(22-17)24(19(25)23(16)2)13-4-6-28-7-5-13/h8,10-11,13H,4-7,9H2,1-3H3. The van der Waals surface area contributed by atoms with Crippen LogP contribution in [-0.2, 0) is 28.0 Å². The lowest BCUT2D eigenvalue weighted by molar-refractivity contribution is 0.0695. The van der Waals surface area contributed by atoms with Crippen molar-refractivity contribution in [1.82, 2.24) is 24.1 Å². The van der Waals surface area contributed by atoms with E-state index in [1.54, 1.807) is 28.4 Å². The molecule has 4 heterocycles. The van der Waals surface area contributed by atoms with Gasteiger partial charge in [0.1, 0.15) is 11.3 Å². The Hall–Kier alpha value is -2.59. The first kappa shape index (κ1) is 19.7. The van der Waals surface area contributed by atoms with Crippen molar-refractivity contribution in [2.45, 2.75) is 37.1 Å². The van der Waals surface area contributed by atoms with Gasteiger partial charge in [-0.1, -0.05) is 0 Å². The van der Waals surface area contributed by atoms with E-state index in [2.05, 4.69) is 15.0 Å². The maximum absolute atomic E-state index is 12.8. The van der Waals surface area contributed by atoms with E-state index < -0.39 is 9.84 Å². The summed E-state index contributed by atoms with van der Waals surface area (Å²) in [6.07, 6.45) is 6.07. The average Bonchev–Trinajstić information content (AvgIpc) is 2.93. The summed E-state index contributed by atoms with van der Waals surface area (Å²) in [5.74, 6) is 0.534. The van der Waals surface area contributed by atoms with Gasteiger partial charge < -0.3 is 4.74 Å². The van der Waals surface area contributed by atoms with Crippen LogP contribution in [0.2, 0.25) is 0 Å². The van der Waals surface area contributed by atoms with E-state index in [0.29, 0.717) is 42.3 Å². The first-order chi connectivity index (χ1) is 13.8. The van der Waals surface area contributed by atoms with E-state index in [1.165, 1.54) is 6.20 Å². The van der Waals surface area contributed by atoms with Crippen LogP contribution in [0.3, 0.4) is 0 Å². The molecule has 3 aromatic heterocycles. The van der Waals surface area contributed by atoms with E-state index in [1.807, 2.05) is 6.92 Å². The Labute approximate surface area is 168 Å². The highest BCUT2D eigenvalue weighted by Gasteiger charge is 2.23. The highest BCUT2D eigenvalue weighted by molar-refractivity contribution is 7.90. The van der Waals surface area contributed by atoms with Gasteiger partial charge in [-0.05, 0) is 31.4 Å². The largest absolute Gasteiger partial charge is 0.381 e. The number of fused-ring (bicyclic) bond motifs is 1. The molecular formula is C19H23N5O4S. The van der Waals surface area contributed by atoms with Crippen molar-refractivity contribution in [2.75, 3.05) is 19.5 Å². The van der Waals surface area contributed by atoms with Crippen molar-refractivity contribution < 1.29 is 13.2 Å². The van der Waals surface area contributed by atoms with Gasteiger partial charge in [0.15, 0.2) is 15.5 Å². The zero-order valence-electron chi connectivity index (χ0n) is 16.6. The maximum Gasteiger partial charge on any atom is 0.330 e. The molecule has 0 atom stereocenters. The molecule has 10 heteroatoms. The van der Waals surface area contributed by atoms with Crippen LogP contribution in [0.25, 0.3) is 11.2 Å². The van der Waals surface area contributed by atoms with E-state index in [9.17, 15) is 13.2 Å². The molecule has 0 N–H and O–H groups in total. The number of hydrogen-bond acceptors (Lipinski definition) is 7. The van der Waals surface area contributed by atoms with Crippen LogP contribution in [0.4, 0.5) is 0 Å². The minimum atomic E-state index is -3.31. The summed E-state index contributed by atoms with van der Waals surface area (Å²) in [5, 5.41) is 0. The number of nitrogens with zero attached hydrogens (tertiary/aromatic N) is 5. The predicted molar refractivity (Wildman–Crippen MR) is 107 cm³/mol. The predicted octanol–water partition coefficient (Wildman–Crippen LogP) is 1.18. The molecule has 0 aliphatic carbocycles. The van der Waals surface area contributed by atoms with E-state index in [0.717, 1.165) is 24.7 Å². The molecule has 4 rings (SSSR count). The number of sulfone groups is 1. The molecule has 9 nitrogen and oxygen atoms in total. The highest BCUT2D eigenvalue weighted by Crippen LogP contribution is 2.23. The zero-order chi connectivity index (χ0) is 20.8. The first-order valence-electron chi connectivity index (χ1n) is 9.42. The lowest BCUT2D eigenvalue weighted by atomic mass is 10.1. The van der Waals surface area contributed by atoms with Gasteiger partial charge in [0.2, 0.25) is 0 Å². The second-order valence-electron chi connectivity index (χ2n) is 7.43. The third-order valence-corrected chi connectivity index (χ3v) is 6.43. The highest BCUT2D eigenvalue weighted by atomic mass is 32.2. The summed E-state index contributed by atoms with van der Waals surface area (Å²) in [4.78, 5) is 26.4. The fourth-order valence-corrected chi connectivity index (χ4v) is 4.28. The summed E-state index contributed by atoms with van der Waals surface area (Å²) in [6, 6.07) is 1.66. The molecule has 0 bridgehead atoms. The maximum atomic E-state index is 12.8. The van der Waals surface area contributed by atoms with Gasteiger partial charge in [0.25, 0.3) is 0 Å². The Morgan fingerprint density at radius 2 is 1.93 bits per heavy atom. The summed E-state index contributed by atoms with van der Waals surface area (Å²) in [5.41, 5.74) is 2.64. The molecule has 3 aromatic rings. The van der Waals surface area contributed by atoms with Gasteiger partial charge in [-0.15, -0.1) is 0 Å². The average molecular weight is 417 g/mol. The van der Waals surface area contributed by atoms with Crippen molar-refractivity contribution in [1.29, 1.82) is 0 Å². The molecule has 0 saturated carbocycles. The molecule has 154 valence electrons. The van der Waals surface area contributed by atoms with Crippen LogP contribution in [0.1, 0.15) is 36.0 Å². The number of aromatic nitrogens is 5. The Kier molecular flexibility index (Phi) is 4.99. The summed E-state index contributed by atoms with van der Waals surface area (Å²) in [7, 11) is -1.59. The summed E-state index contributed by atoms with van der Waals surface area (Å²) in [6.45, 7) is 3.07. The van der Waals surface area contributed by atoms with Crippen molar-refractivity contribution >= 4 is 21.0 Å². The van der Waals surface area contributed by atoms with E-state index in [-0.39, 0.29) is 16.6 Å². The van der Waals surface area contributed by atoms with Crippen molar-refractivity contribution in [3.8, 4) is 0 Å². The van der Waals surface area contributed by atoms with Gasteiger partial charge in [-0.3, -0.25) is 14.1 Å². The third kappa shape index (κ3) is 3.69. The molecule has 1 saturated heterocycles. The minimum Gasteiger partial charge on any atom is -0.381 e. The molecular weight excluding hydrogens is 394 g/mol. The van der Waals surface area contributed by atoms with Crippen LogP contribution >= 0.6 is 0 Å². The Morgan fingerprint density at radius 1 is 1.21 bits per heavy atom. The third-order valence-electron chi connectivity index (χ3n) is 5.35. The summed E-state index contributed by atoms with van der Waals surface area (Å²) < 4.78 is 32.2. The second kappa shape index (κ2) is 7.34. The van der Waals surface area contributed by atoms with Gasteiger partial charge in [0.05, 0.1) is 23.2 Å². The second-order valence-corrected chi connectivity index (χ2v) is 9.45. The molecule has 29 heavy (non-hydrogen) atoms. The Bertz CT molecular complexity index is 1240. The van der Waals surface area contributed by atoms with Crippen LogP contribution in [0.15, 0.2) is 28.2 Å². The minimum absolute atomic E-state index is 0.0524. The van der Waals surface area contributed by atoms with Crippen molar-refractivity contribution in [3.05, 3.63) is 46.0 Å².